The Morgan fingerprint density at radius 1 is 1.46 bits per heavy atom. The van der Waals surface area contributed by atoms with E-state index in [2.05, 4.69) is 21.8 Å². The predicted molar refractivity (Wildman–Crippen MR) is 91.4 cm³/mol. The molecule has 6 nitrogen and oxygen atoms in total. The van der Waals surface area contributed by atoms with Crippen LogP contribution in [-0.2, 0) is 11.2 Å². The third kappa shape index (κ3) is 4.99. The van der Waals surface area contributed by atoms with Gasteiger partial charge in [0.25, 0.3) is 0 Å². The summed E-state index contributed by atoms with van der Waals surface area (Å²) in [6, 6.07) is 7.14. The van der Waals surface area contributed by atoms with Gasteiger partial charge in [-0.25, -0.2) is 4.98 Å². The van der Waals surface area contributed by atoms with Gasteiger partial charge in [0.05, 0.1) is 5.97 Å². The van der Waals surface area contributed by atoms with Crippen LogP contribution in [0.3, 0.4) is 0 Å². The van der Waals surface area contributed by atoms with Crippen molar-refractivity contribution in [2.75, 3.05) is 6.61 Å². The third-order valence-electron chi connectivity index (χ3n) is 2.96. The van der Waals surface area contributed by atoms with Gasteiger partial charge in [-0.05, 0) is 30.3 Å². The third-order valence-corrected chi connectivity index (χ3v) is 3.83. The summed E-state index contributed by atoms with van der Waals surface area (Å²) in [7, 11) is 0. The van der Waals surface area contributed by atoms with Crippen LogP contribution in [0.4, 0.5) is 0 Å². The number of benzene rings is 1. The van der Waals surface area contributed by atoms with Crippen LogP contribution >= 0.6 is 11.8 Å². The number of H-pyrrole nitrogens is 1. The Morgan fingerprint density at radius 2 is 2.25 bits per heavy atom. The summed E-state index contributed by atoms with van der Waals surface area (Å²) in [6.45, 7) is 5.96. The molecular formula is C17H18N3O3S-. The molecule has 126 valence electrons. The molecule has 0 spiro atoms. The smallest absolute Gasteiger partial charge is 0.213 e. The van der Waals surface area contributed by atoms with Crippen LogP contribution in [0, 0.1) is 0 Å². The second-order valence-corrected chi connectivity index (χ2v) is 5.86. The van der Waals surface area contributed by atoms with Gasteiger partial charge in [0, 0.05) is 16.9 Å². The van der Waals surface area contributed by atoms with Gasteiger partial charge in [-0.2, -0.15) is 0 Å². The van der Waals surface area contributed by atoms with Gasteiger partial charge in [-0.15, -0.1) is 5.10 Å². The number of carbonyl (C=O) groups excluding carboxylic acids is 1. The second-order valence-electron chi connectivity index (χ2n) is 4.85. The number of para-hydroxylation sites is 1. The van der Waals surface area contributed by atoms with E-state index in [1.54, 1.807) is 24.3 Å². The average Bonchev–Trinajstić information content (AvgIpc) is 3.01. The molecule has 0 saturated heterocycles. The maximum Gasteiger partial charge on any atom is 0.213 e. The first-order chi connectivity index (χ1) is 11.6. The van der Waals surface area contributed by atoms with Crippen molar-refractivity contribution < 1.29 is 14.6 Å². The highest BCUT2D eigenvalue weighted by molar-refractivity contribution is 8.04. The quantitative estimate of drug-likeness (QED) is 0.426. The number of aromatic nitrogens is 3. The minimum absolute atomic E-state index is 0.00621. The molecule has 24 heavy (non-hydrogen) atoms. The van der Waals surface area contributed by atoms with E-state index in [1.165, 1.54) is 6.08 Å². The number of nitrogens with one attached hydrogen (secondary N) is 1. The zero-order valence-corrected chi connectivity index (χ0v) is 14.1. The van der Waals surface area contributed by atoms with Crippen molar-refractivity contribution in [2.45, 2.75) is 24.9 Å². The molecule has 0 atom stereocenters. The summed E-state index contributed by atoms with van der Waals surface area (Å²) < 4.78 is 5.53. The molecule has 0 aliphatic rings. The van der Waals surface area contributed by atoms with E-state index in [4.69, 9.17) is 4.74 Å². The van der Waals surface area contributed by atoms with E-state index < -0.39 is 5.97 Å². The number of thioether (sulfide) groups is 1. The molecular weight excluding hydrogens is 326 g/mol. The lowest BCUT2D eigenvalue weighted by molar-refractivity contribution is -0.297. The SMILES string of the molecule is C=CCOc1ccccc1/C=C(\Sc1n[nH]c(CCC)n1)C(=O)[O-]. The monoisotopic (exact) mass is 344 g/mol. The number of nitrogens with zero attached hydrogens (tertiary/aromatic N) is 2. The summed E-state index contributed by atoms with van der Waals surface area (Å²) in [6.07, 6.45) is 4.80. The second kappa shape index (κ2) is 8.93. The van der Waals surface area contributed by atoms with Gasteiger partial charge in [0.2, 0.25) is 5.16 Å². The molecule has 0 bridgehead atoms. The Balaban J connectivity index is 2.24. The number of hydrogen-bond donors (Lipinski definition) is 1. The number of carboxylic acids is 1. The zero-order valence-electron chi connectivity index (χ0n) is 13.3. The van der Waals surface area contributed by atoms with Crippen LogP contribution in [-0.4, -0.2) is 27.8 Å². The first kappa shape index (κ1) is 17.8. The molecule has 2 aromatic rings. The lowest BCUT2D eigenvalue weighted by atomic mass is 10.2. The fraction of sp³-hybridized carbons (Fsp3) is 0.235. The number of carboxylic acid groups (broad SMARTS) is 1. The first-order valence-corrected chi connectivity index (χ1v) is 8.30. The lowest BCUT2D eigenvalue weighted by Crippen LogP contribution is -2.23. The van der Waals surface area contributed by atoms with Gasteiger partial charge < -0.3 is 14.6 Å². The Kier molecular flexibility index (Phi) is 6.62. The van der Waals surface area contributed by atoms with Crippen LogP contribution in [0.5, 0.6) is 5.75 Å². The number of hydrogen-bond acceptors (Lipinski definition) is 6. The summed E-state index contributed by atoms with van der Waals surface area (Å²) in [5, 5.41) is 18.6. The average molecular weight is 344 g/mol. The van der Waals surface area contributed by atoms with Crippen molar-refractivity contribution in [1.82, 2.24) is 15.2 Å². The minimum atomic E-state index is -1.29. The highest BCUT2D eigenvalue weighted by atomic mass is 32.2. The molecule has 0 unspecified atom stereocenters. The van der Waals surface area contributed by atoms with Crippen molar-refractivity contribution >= 4 is 23.8 Å². The van der Waals surface area contributed by atoms with Crippen molar-refractivity contribution in [2.24, 2.45) is 0 Å². The Labute approximate surface area is 144 Å². The Hall–Kier alpha value is -2.54. The molecule has 1 heterocycles. The summed E-state index contributed by atoms with van der Waals surface area (Å²) in [5.41, 5.74) is 0.635. The first-order valence-electron chi connectivity index (χ1n) is 7.49. The lowest BCUT2D eigenvalue weighted by Gasteiger charge is -2.10. The predicted octanol–water partition coefficient (Wildman–Crippen LogP) is 2.21. The van der Waals surface area contributed by atoms with Crippen LogP contribution < -0.4 is 9.84 Å². The zero-order chi connectivity index (χ0) is 17.4. The van der Waals surface area contributed by atoms with Gasteiger partial charge in [-0.1, -0.05) is 37.8 Å². The van der Waals surface area contributed by atoms with E-state index in [-0.39, 0.29) is 4.91 Å². The van der Waals surface area contributed by atoms with Gasteiger partial charge in [0.15, 0.2) is 0 Å². The van der Waals surface area contributed by atoms with E-state index in [1.807, 2.05) is 13.0 Å². The van der Waals surface area contributed by atoms with E-state index in [9.17, 15) is 9.90 Å². The van der Waals surface area contributed by atoms with Crippen molar-refractivity contribution in [3.05, 3.63) is 53.2 Å². The number of aliphatic carboxylic acids is 1. The van der Waals surface area contributed by atoms with Crippen LogP contribution in [0.25, 0.3) is 6.08 Å². The van der Waals surface area contributed by atoms with Crippen molar-refractivity contribution in [3.8, 4) is 5.75 Å². The van der Waals surface area contributed by atoms with E-state index in [0.29, 0.717) is 23.1 Å². The molecule has 0 amide bonds. The molecule has 1 aromatic heterocycles. The van der Waals surface area contributed by atoms with Crippen LogP contribution in [0.2, 0.25) is 0 Å². The van der Waals surface area contributed by atoms with Crippen LogP contribution in [0.15, 0.2) is 47.0 Å². The maximum atomic E-state index is 11.4. The molecule has 7 heteroatoms. The summed E-state index contributed by atoms with van der Waals surface area (Å²) in [5.74, 6) is 0.00573. The minimum Gasteiger partial charge on any atom is -0.544 e. The molecule has 1 N–H and O–H groups in total. The van der Waals surface area contributed by atoms with Gasteiger partial charge in [0.1, 0.15) is 18.2 Å². The number of aromatic amines is 1. The number of aryl methyl sites for hydroxylation is 1. The van der Waals surface area contributed by atoms with E-state index >= 15 is 0 Å². The molecule has 2 rings (SSSR count). The standard InChI is InChI=1S/C17H19N3O3S/c1-3-7-15-18-17(20-19-15)24-14(16(21)22)11-12-8-5-6-9-13(12)23-10-4-2/h4-6,8-9,11H,2-3,7,10H2,1H3,(H,21,22)(H,18,19,20)/p-1/b14-11-. The molecule has 1 aromatic carbocycles. The summed E-state index contributed by atoms with van der Waals surface area (Å²) >= 11 is 0.941. The molecule has 0 aliphatic carbocycles. The topological polar surface area (TPSA) is 90.9 Å². The number of carbonyl (C=O) groups is 1. The van der Waals surface area contributed by atoms with Crippen molar-refractivity contribution in [1.29, 1.82) is 0 Å². The normalized spacial score (nSPS) is 11.3. The Bertz CT molecular complexity index is 740. The fourth-order valence-electron chi connectivity index (χ4n) is 1.92. The van der Waals surface area contributed by atoms with Crippen LogP contribution in [0.1, 0.15) is 24.7 Å². The van der Waals surface area contributed by atoms with Gasteiger partial charge in [-0.3, -0.25) is 5.10 Å². The highest BCUT2D eigenvalue weighted by Gasteiger charge is 2.10. The molecule has 0 aliphatic heterocycles. The number of rotatable bonds is 9. The Morgan fingerprint density at radius 3 is 2.96 bits per heavy atom. The molecule has 0 radical (unpaired) electrons. The maximum absolute atomic E-state index is 11.4. The largest absolute Gasteiger partial charge is 0.544 e. The fourth-order valence-corrected chi connectivity index (χ4v) is 2.63. The highest BCUT2D eigenvalue weighted by Crippen LogP contribution is 2.28. The van der Waals surface area contributed by atoms with Gasteiger partial charge >= 0.3 is 0 Å². The molecule has 0 saturated carbocycles. The molecule has 0 fully saturated rings. The summed E-state index contributed by atoms with van der Waals surface area (Å²) in [4.78, 5) is 15.7. The van der Waals surface area contributed by atoms with E-state index in [0.717, 1.165) is 30.4 Å². The van der Waals surface area contributed by atoms with Crippen molar-refractivity contribution in [3.63, 3.8) is 0 Å². The number of ether oxygens (including phenoxy) is 1.